The number of hydrogen-bond acceptors (Lipinski definition) is 3. The lowest BCUT2D eigenvalue weighted by Gasteiger charge is -2.42. The lowest BCUT2D eigenvalue weighted by atomic mass is 9.83. The molecule has 0 aromatic heterocycles. The van der Waals surface area contributed by atoms with Gasteiger partial charge < -0.3 is 5.73 Å². The number of nitriles is 1. The Kier molecular flexibility index (Phi) is 5.79. The standard InChI is InChI=1S/C13H25N3/c1-3-16(11(2)8-9-14)13-7-5-4-6-12(13)10-15/h11-13H,3-8,10,15H2,1-2H3. The average molecular weight is 223 g/mol. The van der Waals surface area contributed by atoms with Crippen LogP contribution >= 0.6 is 0 Å². The van der Waals surface area contributed by atoms with Crippen molar-refractivity contribution in [3.63, 3.8) is 0 Å². The number of nitrogens with zero attached hydrogens (tertiary/aromatic N) is 2. The highest BCUT2D eigenvalue weighted by Crippen LogP contribution is 2.29. The molecule has 92 valence electrons. The monoisotopic (exact) mass is 223 g/mol. The van der Waals surface area contributed by atoms with Crippen LogP contribution in [0.4, 0.5) is 0 Å². The van der Waals surface area contributed by atoms with Gasteiger partial charge in [-0.15, -0.1) is 0 Å². The van der Waals surface area contributed by atoms with Crippen LogP contribution < -0.4 is 5.73 Å². The lowest BCUT2D eigenvalue weighted by Crippen LogP contribution is -2.48. The van der Waals surface area contributed by atoms with Crippen molar-refractivity contribution < 1.29 is 0 Å². The molecule has 0 bridgehead atoms. The van der Waals surface area contributed by atoms with Crippen molar-refractivity contribution in [1.82, 2.24) is 4.90 Å². The first-order chi connectivity index (χ1) is 7.74. The molecule has 0 aromatic rings. The molecule has 0 saturated heterocycles. The van der Waals surface area contributed by atoms with E-state index >= 15 is 0 Å². The molecule has 16 heavy (non-hydrogen) atoms. The molecule has 3 atom stereocenters. The maximum Gasteiger partial charge on any atom is 0.0638 e. The van der Waals surface area contributed by atoms with Crippen molar-refractivity contribution >= 4 is 0 Å². The zero-order valence-electron chi connectivity index (χ0n) is 10.7. The number of rotatable bonds is 5. The largest absolute Gasteiger partial charge is 0.330 e. The topological polar surface area (TPSA) is 53.0 Å². The smallest absolute Gasteiger partial charge is 0.0638 e. The SMILES string of the molecule is CCN(C(C)CC#N)C1CCCCC1CN. The highest BCUT2D eigenvalue weighted by Gasteiger charge is 2.30. The van der Waals surface area contributed by atoms with Gasteiger partial charge in [-0.3, -0.25) is 4.90 Å². The second kappa shape index (κ2) is 6.88. The maximum atomic E-state index is 8.80. The molecule has 0 amide bonds. The van der Waals surface area contributed by atoms with E-state index in [2.05, 4.69) is 24.8 Å². The molecular formula is C13H25N3. The van der Waals surface area contributed by atoms with Crippen LogP contribution in [0.1, 0.15) is 46.0 Å². The van der Waals surface area contributed by atoms with Gasteiger partial charge in [-0.1, -0.05) is 19.8 Å². The molecule has 0 radical (unpaired) electrons. The predicted octanol–water partition coefficient (Wildman–Crippen LogP) is 2.13. The lowest BCUT2D eigenvalue weighted by molar-refractivity contribution is 0.0788. The Morgan fingerprint density at radius 1 is 1.44 bits per heavy atom. The number of hydrogen-bond donors (Lipinski definition) is 1. The minimum Gasteiger partial charge on any atom is -0.330 e. The van der Waals surface area contributed by atoms with E-state index in [1.165, 1.54) is 25.7 Å². The first kappa shape index (κ1) is 13.5. The van der Waals surface area contributed by atoms with Crippen LogP contribution in [0, 0.1) is 17.2 Å². The zero-order valence-corrected chi connectivity index (χ0v) is 10.7. The predicted molar refractivity (Wildman–Crippen MR) is 66.9 cm³/mol. The van der Waals surface area contributed by atoms with Gasteiger partial charge >= 0.3 is 0 Å². The van der Waals surface area contributed by atoms with Crippen molar-refractivity contribution in [2.45, 2.75) is 58.0 Å². The summed E-state index contributed by atoms with van der Waals surface area (Å²) in [4.78, 5) is 2.49. The molecule has 0 spiro atoms. The van der Waals surface area contributed by atoms with Gasteiger partial charge in [-0.05, 0) is 38.8 Å². The van der Waals surface area contributed by atoms with E-state index in [-0.39, 0.29) is 0 Å². The minimum absolute atomic E-state index is 0.368. The van der Waals surface area contributed by atoms with E-state index in [4.69, 9.17) is 11.0 Å². The van der Waals surface area contributed by atoms with Gasteiger partial charge in [0.25, 0.3) is 0 Å². The third-order valence-electron chi connectivity index (χ3n) is 3.92. The summed E-state index contributed by atoms with van der Waals surface area (Å²) in [5.41, 5.74) is 5.87. The molecule has 2 N–H and O–H groups in total. The first-order valence-corrected chi connectivity index (χ1v) is 6.57. The van der Waals surface area contributed by atoms with Crippen LogP contribution in [0.2, 0.25) is 0 Å². The van der Waals surface area contributed by atoms with Crippen molar-refractivity contribution in [3.8, 4) is 6.07 Å². The van der Waals surface area contributed by atoms with Crippen LogP contribution in [0.15, 0.2) is 0 Å². The molecule has 1 aliphatic carbocycles. The van der Waals surface area contributed by atoms with Gasteiger partial charge in [0.05, 0.1) is 12.5 Å². The van der Waals surface area contributed by atoms with Gasteiger partial charge in [-0.2, -0.15) is 5.26 Å². The van der Waals surface area contributed by atoms with Gasteiger partial charge in [0.1, 0.15) is 0 Å². The Bertz CT molecular complexity index is 234. The fourth-order valence-corrected chi connectivity index (χ4v) is 3.02. The summed E-state index contributed by atoms with van der Waals surface area (Å²) < 4.78 is 0. The molecule has 1 fully saturated rings. The van der Waals surface area contributed by atoms with E-state index in [1.54, 1.807) is 0 Å². The van der Waals surface area contributed by atoms with Crippen LogP contribution in [0.25, 0.3) is 0 Å². The first-order valence-electron chi connectivity index (χ1n) is 6.57. The zero-order chi connectivity index (χ0) is 12.0. The highest BCUT2D eigenvalue weighted by atomic mass is 15.2. The fraction of sp³-hybridized carbons (Fsp3) is 0.923. The Morgan fingerprint density at radius 2 is 2.12 bits per heavy atom. The fourth-order valence-electron chi connectivity index (χ4n) is 3.02. The van der Waals surface area contributed by atoms with Crippen molar-refractivity contribution in [2.24, 2.45) is 11.7 Å². The van der Waals surface area contributed by atoms with Crippen LogP contribution in [0.5, 0.6) is 0 Å². The Labute approximate surface area is 99.6 Å². The second-order valence-electron chi connectivity index (χ2n) is 4.89. The third-order valence-corrected chi connectivity index (χ3v) is 3.92. The van der Waals surface area contributed by atoms with Gasteiger partial charge in [0, 0.05) is 12.1 Å². The van der Waals surface area contributed by atoms with E-state index in [1.807, 2.05) is 0 Å². The van der Waals surface area contributed by atoms with Crippen molar-refractivity contribution in [2.75, 3.05) is 13.1 Å². The van der Waals surface area contributed by atoms with Crippen molar-refractivity contribution in [1.29, 1.82) is 5.26 Å². The second-order valence-corrected chi connectivity index (χ2v) is 4.89. The minimum atomic E-state index is 0.368. The molecule has 0 heterocycles. The molecule has 3 nitrogen and oxygen atoms in total. The van der Waals surface area contributed by atoms with E-state index in [9.17, 15) is 0 Å². The molecule has 1 rings (SSSR count). The van der Waals surface area contributed by atoms with Crippen LogP contribution in [0.3, 0.4) is 0 Å². The normalized spacial score (nSPS) is 27.7. The van der Waals surface area contributed by atoms with Crippen LogP contribution in [-0.4, -0.2) is 30.1 Å². The summed E-state index contributed by atoms with van der Waals surface area (Å²) >= 11 is 0. The van der Waals surface area contributed by atoms with E-state index in [0.29, 0.717) is 24.4 Å². The molecule has 0 aromatic carbocycles. The van der Waals surface area contributed by atoms with E-state index < -0.39 is 0 Å². The summed E-state index contributed by atoms with van der Waals surface area (Å²) in [6, 6.07) is 3.25. The molecule has 1 saturated carbocycles. The summed E-state index contributed by atoms with van der Waals surface area (Å²) in [5, 5.41) is 8.80. The van der Waals surface area contributed by atoms with Gasteiger partial charge in [0.15, 0.2) is 0 Å². The molecular weight excluding hydrogens is 198 g/mol. The summed E-state index contributed by atoms with van der Waals surface area (Å²) in [5.74, 6) is 0.634. The average Bonchev–Trinajstić information content (AvgIpc) is 2.31. The quantitative estimate of drug-likeness (QED) is 0.777. The Morgan fingerprint density at radius 3 is 2.69 bits per heavy atom. The molecule has 3 heteroatoms. The summed E-state index contributed by atoms with van der Waals surface area (Å²) in [6.07, 6.45) is 5.78. The molecule has 1 aliphatic rings. The van der Waals surface area contributed by atoms with Gasteiger partial charge in [0.2, 0.25) is 0 Å². The Balaban J connectivity index is 2.65. The molecule has 3 unspecified atom stereocenters. The summed E-state index contributed by atoms with van der Waals surface area (Å²) in [7, 11) is 0. The molecule has 0 aliphatic heterocycles. The summed E-state index contributed by atoms with van der Waals surface area (Å²) in [6.45, 7) is 6.18. The van der Waals surface area contributed by atoms with E-state index in [0.717, 1.165) is 13.1 Å². The third kappa shape index (κ3) is 3.20. The maximum absolute atomic E-state index is 8.80. The van der Waals surface area contributed by atoms with Crippen LogP contribution in [-0.2, 0) is 0 Å². The van der Waals surface area contributed by atoms with Gasteiger partial charge in [-0.25, -0.2) is 0 Å². The Hall–Kier alpha value is -0.590. The highest BCUT2D eigenvalue weighted by molar-refractivity contribution is 4.88. The van der Waals surface area contributed by atoms with Crippen molar-refractivity contribution in [3.05, 3.63) is 0 Å². The number of nitrogens with two attached hydrogens (primary N) is 1.